The Hall–Kier alpha value is -3.63. The predicted octanol–water partition coefficient (Wildman–Crippen LogP) is 5.60. The lowest BCUT2D eigenvalue weighted by molar-refractivity contribution is -0.134. The predicted molar refractivity (Wildman–Crippen MR) is 152 cm³/mol. The lowest BCUT2D eigenvalue weighted by Crippen LogP contribution is -2.28. The van der Waals surface area contributed by atoms with Crippen molar-refractivity contribution < 1.29 is 28.8 Å². The first kappa shape index (κ1) is 30.9. The van der Waals surface area contributed by atoms with Crippen LogP contribution in [0.25, 0.3) is 0 Å². The molecule has 0 aliphatic heterocycles. The average Bonchev–Trinajstić information content (AvgIpc) is 2.86. The van der Waals surface area contributed by atoms with E-state index in [1.807, 2.05) is 0 Å². The molecule has 0 fully saturated rings. The van der Waals surface area contributed by atoms with Crippen molar-refractivity contribution in [2.75, 3.05) is 10.6 Å². The maximum Gasteiger partial charge on any atom is 0.292 e. The van der Waals surface area contributed by atoms with E-state index in [1.165, 1.54) is 56.3 Å². The molecule has 13 heteroatoms. The fourth-order valence-corrected chi connectivity index (χ4v) is 4.42. The molecular weight excluding hydrogens is 604 g/mol. The van der Waals surface area contributed by atoms with Gasteiger partial charge in [-0.2, -0.15) is 0 Å². The van der Waals surface area contributed by atoms with Crippen molar-refractivity contribution in [3.63, 3.8) is 0 Å². The number of halogens is 4. The zero-order valence-corrected chi connectivity index (χ0v) is 23.9. The Kier molecular flexibility index (Phi) is 10.2. The highest BCUT2D eigenvalue weighted by molar-refractivity contribution is 6.44. The molecule has 0 aliphatic rings. The van der Waals surface area contributed by atoms with Gasteiger partial charge in [0.25, 0.3) is 11.8 Å². The molecule has 0 saturated heterocycles. The summed E-state index contributed by atoms with van der Waals surface area (Å²) in [7, 11) is 0. The average molecular weight is 623 g/mol. The van der Waals surface area contributed by atoms with Gasteiger partial charge in [-0.3, -0.25) is 33.8 Å². The molecule has 9 nitrogen and oxygen atoms in total. The number of carbonyl (C=O) groups excluding carboxylic acids is 6. The van der Waals surface area contributed by atoms with Gasteiger partial charge in [0.15, 0.2) is 11.6 Å². The topological polar surface area (TPSA) is 139 Å². The third-order valence-corrected chi connectivity index (χ3v) is 6.56. The van der Waals surface area contributed by atoms with E-state index in [1.54, 1.807) is 0 Å². The number of hydrogen-bond acceptors (Lipinski definition) is 7. The lowest BCUT2D eigenvalue weighted by atomic mass is 9.97. The molecule has 2 aromatic carbocycles. The van der Waals surface area contributed by atoms with E-state index in [-0.39, 0.29) is 43.9 Å². The summed E-state index contributed by atoms with van der Waals surface area (Å²) in [4.78, 5) is 79.4. The lowest BCUT2D eigenvalue weighted by Gasteiger charge is -2.13. The van der Waals surface area contributed by atoms with E-state index >= 15 is 0 Å². The molecule has 2 N–H and O–H groups in total. The number of pyridine rings is 1. The van der Waals surface area contributed by atoms with E-state index in [9.17, 15) is 28.8 Å². The smallest absolute Gasteiger partial charge is 0.292 e. The number of Topliss-reactive ketones (excluding diaryl/α,β-unsaturated/α-hetero) is 4. The highest BCUT2D eigenvalue weighted by Crippen LogP contribution is 2.27. The van der Waals surface area contributed by atoms with Crippen molar-refractivity contribution in [1.29, 1.82) is 0 Å². The summed E-state index contributed by atoms with van der Waals surface area (Å²) in [6, 6.07) is 9.67. The number of amides is 2. The summed E-state index contributed by atoms with van der Waals surface area (Å²) in [5.41, 5.74) is -0.218. The minimum atomic E-state index is -1.05. The molecule has 3 rings (SSSR count). The van der Waals surface area contributed by atoms with Gasteiger partial charge < -0.3 is 10.6 Å². The molecule has 1 aromatic heterocycles. The van der Waals surface area contributed by atoms with Gasteiger partial charge in [0, 0.05) is 21.2 Å². The molecule has 206 valence electrons. The molecule has 0 bridgehead atoms. The Bertz CT molecular complexity index is 1480. The van der Waals surface area contributed by atoms with Gasteiger partial charge in [0.2, 0.25) is 11.6 Å². The highest BCUT2D eigenvalue weighted by Gasteiger charge is 2.25. The standard InChI is InChI=1S/C27H19Cl4N3O6/c1-12(35)16-9-17(13(2)36)23(11-25(38)27(40)34-21-6-4-15(29)8-19(21)31)32-22(16)10-24(37)26(39)33-20-5-3-14(28)7-18(20)30/h3-9H,10-11H2,1-2H3,(H,33,39)(H,34,40). The molecule has 0 spiro atoms. The molecule has 2 amide bonds. The molecule has 0 saturated carbocycles. The zero-order valence-electron chi connectivity index (χ0n) is 20.9. The number of aromatic nitrogens is 1. The van der Waals surface area contributed by atoms with Crippen LogP contribution in [0.1, 0.15) is 46.0 Å². The first-order valence-electron chi connectivity index (χ1n) is 11.4. The van der Waals surface area contributed by atoms with Crippen LogP contribution < -0.4 is 10.6 Å². The minimum absolute atomic E-state index is 0.0931. The Morgan fingerprint density at radius 1 is 0.625 bits per heavy atom. The number of ketones is 4. The largest absolute Gasteiger partial charge is 0.318 e. The van der Waals surface area contributed by atoms with Crippen molar-refractivity contribution in [1.82, 2.24) is 4.98 Å². The van der Waals surface area contributed by atoms with Crippen LogP contribution in [0.5, 0.6) is 0 Å². The fraction of sp³-hybridized carbons (Fsp3) is 0.148. The Labute approximate surface area is 248 Å². The van der Waals surface area contributed by atoms with Gasteiger partial charge in [-0.25, -0.2) is 0 Å². The van der Waals surface area contributed by atoms with Crippen LogP contribution >= 0.6 is 46.4 Å². The van der Waals surface area contributed by atoms with E-state index < -0.39 is 47.8 Å². The van der Waals surface area contributed by atoms with Crippen molar-refractivity contribution in [2.45, 2.75) is 26.7 Å². The molecule has 3 aromatic rings. The van der Waals surface area contributed by atoms with Crippen molar-refractivity contribution >= 4 is 92.7 Å². The SMILES string of the molecule is CC(=O)c1cc(C(C)=O)c(CC(=O)C(=O)Nc2ccc(Cl)cc2Cl)nc1CC(=O)C(=O)Nc1ccc(Cl)cc1Cl. The van der Waals surface area contributed by atoms with Crippen LogP contribution in [0.15, 0.2) is 42.5 Å². The van der Waals surface area contributed by atoms with Crippen molar-refractivity contribution in [2.24, 2.45) is 0 Å². The molecular formula is C27H19Cl4N3O6. The van der Waals surface area contributed by atoms with Gasteiger partial charge in [-0.1, -0.05) is 46.4 Å². The van der Waals surface area contributed by atoms with E-state index in [0.717, 1.165) is 0 Å². The second-order valence-corrected chi connectivity index (χ2v) is 10.1. The molecule has 0 aliphatic carbocycles. The third kappa shape index (κ3) is 7.73. The Balaban J connectivity index is 1.87. The highest BCUT2D eigenvalue weighted by atomic mass is 35.5. The molecule has 0 unspecified atom stereocenters. The van der Waals surface area contributed by atoms with Gasteiger partial charge in [-0.05, 0) is 56.3 Å². The summed E-state index contributed by atoms with van der Waals surface area (Å²) >= 11 is 23.8. The maximum atomic E-state index is 12.7. The van der Waals surface area contributed by atoms with E-state index in [0.29, 0.717) is 10.0 Å². The summed E-state index contributed by atoms with van der Waals surface area (Å²) in [5, 5.41) is 5.55. The molecule has 0 atom stereocenters. The van der Waals surface area contributed by atoms with Crippen LogP contribution in [-0.2, 0) is 32.0 Å². The van der Waals surface area contributed by atoms with Gasteiger partial charge in [0.05, 0.1) is 45.6 Å². The normalized spacial score (nSPS) is 10.6. The van der Waals surface area contributed by atoms with Crippen LogP contribution in [0.2, 0.25) is 20.1 Å². The molecule has 1 heterocycles. The first-order chi connectivity index (χ1) is 18.8. The summed E-state index contributed by atoms with van der Waals surface area (Å²) in [6.45, 7) is 2.38. The van der Waals surface area contributed by atoms with Crippen LogP contribution in [0, 0.1) is 0 Å². The quantitative estimate of drug-likeness (QED) is 0.221. The van der Waals surface area contributed by atoms with E-state index in [2.05, 4.69) is 15.6 Å². The Morgan fingerprint density at radius 2 is 1.00 bits per heavy atom. The monoisotopic (exact) mass is 621 g/mol. The second kappa shape index (κ2) is 13.1. The third-order valence-electron chi connectivity index (χ3n) is 5.46. The van der Waals surface area contributed by atoms with Gasteiger partial charge >= 0.3 is 0 Å². The summed E-state index contributed by atoms with van der Waals surface area (Å²) in [6.07, 6.45) is -1.28. The summed E-state index contributed by atoms with van der Waals surface area (Å²) < 4.78 is 0. The Morgan fingerprint density at radius 3 is 1.32 bits per heavy atom. The summed E-state index contributed by atoms with van der Waals surface area (Å²) in [5.74, 6) is -5.13. The minimum Gasteiger partial charge on any atom is -0.318 e. The number of benzene rings is 2. The molecule has 40 heavy (non-hydrogen) atoms. The van der Waals surface area contributed by atoms with Gasteiger partial charge in [-0.15, -0.1) is 0 Å². The van der Waals surface area contributed by atoms with E-state index in [4.69, 9.17) is 46.4 Å². The van der Waals surface area contributed by atoms with Crippen LogP contribution in [0.4, 0.5) is 11.4 Å². The van der Waals surface area contributed by atoms with Crippen molar-refractivity contribution in [3.8, 4) is 0 Å². The van der Waals surface area contributed by atoms with Crippen molar-refractivity contribution in [3.05, 3.63) is 85.1 Å². The molecule has 0 radical (unpaired) electrons. The fourth-order valence-electron chi connectivity index (χ4n) is 3.50. The van der Waals surface area contributed by atoms with Gasteiger partial charge in [0.1, 0.15) is 0 Å². The maximum absolute atomic E-state index is 12.7. The van der Waals surface area contributed by atoms with Crippen LogP contribution in [-0.4, -0.2) is 39.9 Å². The number of hydrogen-bond donors (Lipinski definition) is 2. The van der Waals surface area contributed by atoms with Crippen LogP contribution in [0.3, 0.4) is 0 Å². The number of nitrogens with one attached hydrogen (secondary N) is 2. The second-order valence-electron chi connectivity index (χ2n) is 8.45. The number of rotatable bonds is 10. The number of nitrogens with zero attached hydrogens (tertiary/aromatic N) is 1. The number of anilines is 2. The number of carbonyl (C=O) groups is 6. The zero-order chi connectivity index (χ0) is 29.7. The first-order valence-corrected chi connectivity index (χ1v) is 12.9.